The van der Waals surface area contributed by atoms with Gasteiger partial charge in [-0.2, -0.15) is 24.9 Å². The van der Waals surface area contributed by atoms with Gasteiger partial charge in [0.1, 0.15) is 0 Å². The Morgan fingerprint density at radius 3 is 2.62 bits per heavy atom. The predicted octanol–water partition coefficient (Wildman–Crippen LogP) is 2.59. The van der Waals surface area contributed by atoms with E-state index in [-0.39, 0.29) is 11.7 Å². The van der Waals surface area contributed by atoms with Crippen LogP contribution in [0.15, 0.2) is 0 Å². The summed E-state index contributed by atoms with van der Waals surface area (Å²) in [4.78, 5) is 0. The van der Waals surface area contributed by atoms with E-state index in [2.05, 4.69) is 0 Å². The van der Waals surface area contributed by atoms with E-state index in [1.807, 2.05) is 0 Å². The third-order valence-corrected chi connectivity index (χ3v) is 3.62. The van der Waals surface area contributed by atoms with Gasteiger partial charge in [0, 0.05) is 11.7 Å². The zero-order chi connectivity index (χ0) is 9.90. The minimum absolute atomic E-state index is 0.0300. The van der Waals surface area contributed by atoms with Crippen molar-refractivity contribution in [3.63, 3.8) is 0 Å². The van der Waals surface area contributed by atoms with E-state index in [0.717, 1.165) is 18.6 Å². The van der Waals surface area contributed by atoms with E-state index in [1.54, 1.807) is 11.8 Å². The molecule has 1 nitrogen and oxygen atoms in total. The van der Waals surface area contributed by atoms with Gasteiger partial charge >= 0.3 is 6.18 Å². The second-order valence-corrected chi connectivity index (χ2v) is 4.62. The van der Waals surface area contributed by atoms with Crippen molar-refractivity contribution in [2.24, 2.45) is 0 Å². The largest absolute Gasteiger partial charge is 0.392 e. The Balaban J connectivity index is 2.20. The Morgan fingerprint density at radius 2 is 2.15 bits per heavy atom. The van der Waals surface area contributed by atoms with Gasteiger partial charge in [0.15, 0.2) is 0 Å². The normalized spacial score (nSPS) is 26.3. The van der Waals surface area contributed by atoms with Gasteiger partial charge in [0.25, 0.3) is 0 Å². The monoisotopic (exact) mass is 214 g/mol. The molecule has 0 aliphatic carbocycles. The molecule has 5 heteroatoms. The number of halogens is 3. The van der Waals surface area contributed by atoms with Crippen LogP contribution in [0.5, 0.6) is 0 Å². The lowest BCUT2D eigenvalue weighted by molar-refractivity contribution is -0.139. The zero-order valence-corrected chi connectivity index (χ0v) is 8.00. The van der Waals surface area contributed by atoms with Gasteiger partial charge in [-0.3, -0.25) is 0 Å². The lowest BCUT2D eigenvalue weighted by atomic mass is 10.1. The van der Waals surface area contributed by atoms with Crippen molar-refractivity contribution in [3.8, 4) is 0 Å². The Morgan fingerprint density at radius 1 is 1.46 bits per heavy atom. The molecule has 1 saturated heterocycles. The van der Waals surface area contributed by atoms with Crippen LogP contribution in [0.3, 0.4) is 0 Å². The average Bonchev–Trinajstić information content (AvgIpc) is 2.50. The molecule has 78 valence electrons. The maximum absolute atomic E-state index is 11.8. The molecule has 1 rings (SSSR count). The predicted molar refractivity (Wildman–Crippen MR) is 46.8 cm³/mol. The van der Waals surface area contributed by atoms with Crippen LogP contribution in [0.25, 0.3) is 0 Å². The lowest BCUT2D eigenvalue weighted by Gasteiger charge is -2.17. The van der Waals surface area contributed by atoms with Crippen molar-refractivity contribution in [2.75, 3.05) is 5.75 Å². The number of thioether (sulfide) groups is 1. The highest BCUT2D eigenvalue weighted by Crippen LogP contribution is 2.32. The van der Waals surface area contributed by atoms with Crippen LogP contribution in [-0.4, -0.2) is 28.4 Å². The van der Waals surface area contributed by atoms with Crippen LogP contribution in [0.2, 0.25) is 0 Å². The van der Waals surface area contributed by atoms with Crippen molar-refractivity contribution in [3.05, 3.63) is 0 Å². The molecule has 0 aromatic heterocycles. The second-order valence-electron chi connectivity index (χ2n) is 3.27. The number of alkyl halides is 3. The standard InChI is InChI=1S/C8H13F3OS/c9-8(10,11)4-3-6(12)7-2-1-5-13-7/h6-7,12H,1-5H2. The van der Waals surface area contributed by atoms with Gasteiger partial charge < -0.3 is 5.11 Å². The molecule has 0 spiro atoms. The molecule has 0 aromatic rings. The fourth-order valence-electron chi connectivity index (χ4n) is 1.40. The second kappa shape index (κ2) is 4.55. The zero-order valence-electron chi connectivity index (χ0n) is 7.18. The molecule has 1 aliphatic rings. The first-order valence-electron chi connectivity index (χ1n) is 4.35. The first kappa shape index (κ1) is 11.2. The van der Waals surface area contributed by atoms with E-state index in [4.69, 9.17) is 0 Å². The molecule has 1 aliphatic heterocycles. The Hall–Kier alpha value is 0.100. The van der Waals surface area contributed by atoms with Crippen molar-refractivity contribution in [1.82, 2.24) is 0 Å². The van der Waals surface area contributed by atoms with E-state index >= 15 is 0 Å². The van der Waals surface area contributed by atoms with Gasteiger partial charge in [-0.05, 0) is 25.0 Å². The van der Waals surface area contributed by atoms with E-state index in [1.165, 1.54) is 0 Å². The molecule has 0 saturated carbocycles. The fourth-order valence-corrected chi connectivity index (χ4v) is 2.73. The summed E-state index contributed by atoms with van der Waals surface area (Å²) in [5, 5.41) is 9.42. The van der Waals surface area contributed by atoms with Crippen molar-refractivity contribution < 1.29 is 18.3 Å². The summed E-state index contributed by atoms with van der Waals surface area (Å²) in [6, 6.07) is 0. The molecule has 1 N–H and O–H groups in total. The molecule has 2 atom stereocenters. The summed E-state index contributed by atoms with van der Waals surface area (Å²) in [6.45, 7) is 0. The summed E-state index contributed by atoms with van der Waals surface area (Å²) in [7, 11) is 0. The topological polar surface area (TPSA) is 20.2 Å². The molecule has 2 unspecified atom stereocenters. The molecule has 1 fully saturated rings. The molecular weight excluding hydrogens is 201 g/mol. The van der Waals surface area contributed by atoms with Gasteiger partial charge in [-0.15, -0.1) is 0 Å². The van der Waals surface area contributed by atoms with Crippen LogP contribution in [0.1, 0.15) is 25.7 Å². The van der Waals surface area contributed by atoms with E-state index < -0.39 is 18.7 Å². The Bertz CT molecular complexity index is 154. The highest BCUT2D eigenvalue weighted by molar-refractivity contribution is 8.00. The number of aliphatic hydroxyl groups excluding tert-OH is 1. The average molecular weight is 214 g/mol. The third kappa shape index (κ3) is 4.22. The van der Waals surface area contributed by atoms with Crippen LogP contribution in [0.4, 0.5) is 13.2 Å². The lowest BCUT2D eigenvalue weighted by Crippen LogP contribution is -2.23. The first-order chi connectivity index (χ1) is 5.99. The highest BCUT2D eigenvalue weighted by atomic mass is 32.2. The molecule has 13 heavy (non-hydrogen) atoms. The van der Waals surface area contributed by atoms with E-state index in [9.17, 15) is 18.3 Å². The van der Waals surface area contributed by atoms with Gasteiger partial charge in [-0.1, -0.05) is 0 Å². The molecular formula is C8H13F3OS. The summed E-state index contributed by atoms with van der Waals surface area (Å²) in [5.41, 5.74) is 0. The van der Waals surface area contributed by atoms with Gasteiger partial charge in [-0.25, -0.2) is 0 Å². The summed E-state index contributed by atoms with van der Waals surface area (Å²) in [6.07, 6.45) is -4.08. The minimum Gasteiger partial charge on any atom is -0.392 e. The maximum atomic E-state index is 11.8. The minimum atomic E-state index is -4.13. The Labute approximate surface area is 79.7 Å². The molecule has 0 aromatic carbocycles. The number of aliphatic hydroxyl groups is 1. The summed E-state index contributed by atoms with van der Waals surface area (Å²) < 4.78 is 35.4. The number of rotatable bonds is 3. The fraction of sp³-hybridized carbons (Fsp3) is 1.00. The smallest absolute Gasteiger partial charge is 0.389 e. The molecule has 0 bridgehead atoms. The highest BCUT2D eigenvalue weighted by Gasteiger charge is 2.31. The van der Waals surface area contributed by atoms with Crippen LogP contribution in [0, 0.1) is 0 Å². The number of hydrogen-bond donors (Lipinski definition) is 1. The third-order valence-electron chi connectivity index (χ3n) is 2.12. The van der Waals surface area contributed by atoms with Gasteiger partial charge in [0.05, 0.1) is 6.10 Å². The van der Waals surface area contributed by atoms with Gasteiger partial charge in [0.2, 0.25) is 0 Å². The first-order valence-corrected chi connectivity index (χ1v) is 5.40. The molecule has 0 radical (unpaired) electrons. The maximum Gasteiger partial charge on any atom is 0.389 e. The molecule has 1 heterocycles. The summed E-state index contributed by atoms with van der Waals surface area (Å²) >= 11 is 1.58. The number of hydrogen-bond acceptors (Lipinski definition) is 2. The van der Waals surface area contributed by atoms with E-state index in [0.29, 0.717) is 0 Å². The van der Waals surface area contributed by atoms with Crippen molar-refractivity contribution in [1.29, 1.82) is 0 Å². The van der Waals surface area contributed by atoms with Crippen LogP contribution < -0.4 is 0 Å². The Kier molecular flexibility index (Phi) is 3.91. The molecule has 0 amide bonds. The summed E-state index contributed by atoms with van der Waals surface area (Å²) in [5.74, 6) is 0.966. The van der Waals surface area contributed by atoms with Crippen LogP contribution >= 0.6 is 11.8 Å². The van der Waals surface area contributed by atoms with Crippen molar-refractivity contribution in [2.45, 2.75) is 43.2 Å². The SMILES string of the molecule is OC(CCC(F)(F)F)C1CCCS1. The quantitative estimate of drug-likeness (QED) is 0.779. The van der Waals surface area contributed by atoms with Crippen molar-refractivity contribution >= 4 is 11.8 Å². The van der Waals surface area contributed by atoms with Crippen LogP contribution in [-0.2, 0) is 0 Å².